The maximum atomic E-state index is 10.8. The number of carbonyl (C=O) groups is 1. The number of hydrogen-bond donors (Lipinski definition) is 0. The van der Waals surface area contributed by atoms with Gasteiger partial charge < -0.3 is 9.47 Å². The summed E-state index contributed by atoms with van der Waals surface area (Å²) in [6.45, 7) is 0. The number of halogens is 1. The van der Waals surface area contributed by atoms with Gasteiger partial charge in [0.25, 0.3) is 0 Å². The van der Waals surface area contributed by atoms with Gasteiger partial charge in [-0.2, -0.15) is 0 Å². The Balaban J connectivity index is 3.68. The molecule has 0 aliphatic heterocycles. The van der Waals surface area contributed by atoms with Crippen LogP contribution in [0.3, 0.4) is 0 Å². The van der Waals surface area contributed by atoms with E-state index >= 15 is 0 Å². The Morgan fingerprint density at radius 2 is 2.20 bits per heavy atom. The number of rotatable bonds is 4. The quantitative estimate of drug-likeness (QED) is 0.513. The van der Waals surface area contributed by atoms with Crippen molar-refractivity contribution in [2.24, 2.45) is 0 Å². The van der Waals surface area contributed by atoms with Gasteiger partial charge in [-0.25, -0.2) is 4.79 Å². The minimum Gasteiger partial charge on any atom is -0.467 e. The van der Waals surface area contributed by atoms with Crippen molar-refractivity contribution in [3.05, 3.63) is 0 Å². The summed E-state index contributed by atoms with van der Waals surface area (Å²) in [5, 5.41) is 0.737. The van der Waals surface area contributed by atoms with E-state index in [1.165, 1.54) is 14.2 Å². The van der Waals surface area contributed by atoms with Crippen molar-refractivity contribution < 1.29 is 14.3 Å². The second-order valence-corrected chi connectivity index (χ2v) is 2.52. The molecule has 0 saturated carbocycles. The highest BCUT2D eigenvalue weighted by molar-refractivity contribution is 9.09. The van der Waals surface area contributed by atoms with Gasteiger partial charge in [-0.3, -0.25) is 0 Å². The summed E-state index contributed by atoms with van der Waals surface area (Å²) < 4.78 is 9.31. The number of esters is 1. The van der Waals surface area contributed by atoms with Gasteiger partial charge in [0.1, 0.15) is 0 Å². The molecular formula is C6H11BrO3. The van der Waals surface area contributed by atoms with Crippen molar-refractivity contribution in [2.45, 2.75) is 12.5 Å². The minimum absolute atomic E-state index is 0.318. The SMILES string of the molecule is COC(=O)C(CCBr)OC. The van der Waals surface area contributed by atoms with E-state index in [4.69, 9.17) is 4.74 Å². The molecule has 3 nitrogen and oxygen atoms in total. The van der Waals surface area contributed by atoms with Crippen molar-refractivity contribution in [2.75, 3.05) is 19.5 Å². The van der Waals surface area contributed by atoms with Crippen molar-refractivity contribution >= 4 is 21.9 Å². The Bertz CT molecular complexity index is 105. The van der Waals surface area contributed by atoms with Crippen LogP contribution in [0.1, 0.15) is 6.42 Å². The standard InChI is InChI=1S/C6H11BrO3/c1-9-5(3-4-7)6(8)10-2/h5H,3-4H2,1-2H3. The van der Waals surface area contributed by atoms with E-state index in [2.05, 4.69) is 20.7 Å². The lowest BCUT2D eigenvalue weighted by Crippen LogP contribution is -2.24. The average Bonchev–Trinajstić information content (AvgIpc) is 1.99. The van der Waals surface area contributed by atoms with Crippen LogP contribution in [-0.4, -0.2) is 31.6 Å². The zero-order chi connectivity index (χ0) is 7.98. The number of methoxy groups -OCH3 is 2. The molecular weight excluding hydrogens is 200 g/mol. The molecule has 0 radical (unpaired) electrons. The first-order valence-electron chi connectivity index (χ1n) is 2.92. The molecule has 0 bridgehead atoms. The van der Waals surface area contributed by atoms with Crippen LogP contribution in [0.25, 0.3) is 0 Å². The van der Waals surface area contributed by atoms with Crippen LogP contribution in [0.5, 0.6) is 0 Å². The minimum atomic E-state index is -0.427. The predicted molar refractivity (Wildman–Crippen MR) is 41.2 cm³/mol. The molecule has 1 atom stereocenters. The lowest BCUT2D eigenvalue weighted by molar-refractivity contribution is -0.152. The van der Waals surface area contributed by atoms with Gasteiger partial charge in [0.15, 0.2) is 6.10 Å². The van der Waals surface area contributed by atoms with Gasteiger partial charge in [0.05, 0.1) is 7.11 Å². The summed E-state index contributed by atoms with van der Waals surface area (Å²) in [4.78, 5) is 10.8. The van der Waals surface area contributed by atoms with Crippen molar-refractivity contribution in [3.63, 3.8) is 0 Å². The third kappa shape index (κ3) is 3.17. The van der Waals surface area contributed by atoms with Gasteiger partial charge in [-0.15, -0.1) is 0 Å². The molecule has 0 aliphatic carbocycles. The Labute approximate surface area is 68.8 Å². The largest absolute Gasteiger partial charge is 0.467 e. The predicted octanol–water partition coefficient (Wildman–Crippen LogP) is 0.959. The van der Waals surface area contributed by atoms with Gasteiger partial charge in [-0.1, -0.05) is 15.9 Å². The summed E-state index contributed by atoms with van der Waals surface area (Å²) in [6, 6.07) is 0. The van der Waals surface area contributed by atoms with Crippen LogP contribution in [0.4, 0.5) is 0 Å². The molecule has 0 spiro atoms. The molecule has 0 amide bonds. The first-order valence-corrected chi connectivity index (χ1v) is 4.05. The van der Waals surface area contributed by atoms with Crippen LogP contribution in [0.15, 0.2) is 0 Å². The number of carbonyl (C=O) groups excluding carboxylic acids is 1. The van der Waals surface area contributed by atoms with E-state index in [9.17, 15) is 4.79 Å². The monoisotopic (exact) mass is 210 g/mol. The fourth-order valence-corrected chi connectivity index (χ4v) is 0.978. The van der Waals surface area contributed by atoms with Crippen LogP contribution in [0, 0.1) is 0 Å². The van der Waals surface area contributed by atoms with Gasteiger partial charge in [0.2, 0.25) is 0 Å². The maximum absolute atomic E-state index is 10.8. The van der Waals surface area contributed by atoms with E-state index in [0.717, 1.165) is 5.33 Å². The zero-order valence-electron chi connectivity index (χ0n) is 6.09. The molecule has 0 N–H and O–H groups in total. The van der Waals surface area contributed by atoms with Crippen LogP contribution in [-0.2, 0) is 14.3 Å². The van der Waals surface area contributed by atoms with E-state index in [1.54, 1.807) is 0 Å². The Morgan fingerprint density at radius 3 is 2.50 bits per heavy atom. The lowest BCUT2D eigenvalue weighted by Gasteiger charge is -2.09. The van der Waals surface area contributed by atoms with Gasteiger partial charge in [0, 0.05) is 12.4 Å². The van der Waals surface area contributed by atoms with Crippen molar-refractivity contribution in [1.82, 2.24) is 0 Å². The highest BCUT2D eigenvalue weighted by Crippen LogP contribution is 2.01. The average molecular weight is 211 g/mol. The summed E-state index contributed by atoms with van der Waals surface area (Å²) in [6.07, 6.45) is 0.216. The molecule has 1 unspecified atom stereocenters. The van der Waals surface area contributed by atoms with Gasteiger partial charge in [-0.05, 0) is 6.42 Å². The third-order valence-corrected chi connectivity index (χ3v) is 1.58. The lowest BCUT2D eigenvalue weighted by atomic mass is 10.3. The second kappa shape index (κ2) is 5.68. The highest BCUT2D eigenvalue weighted by Gasteiger charge is 2.16. The van der Waals surface area contributed by atoms with E-state index < -0.39 is 6.10 Å². The molecule has 0 aromatic heterocycles. The summed E-state index contributed by atoms with van der Waals surface area (Å²) >= 11 is 3.20. The Morgan fingerprint density at radius 1 is 1.60 bits per heavy atom. The summed E-state index contributed by atoms with van der Waals surface area (Å²) in [5.41, 5.74) is 0. The molecule has 10 heavy (non-hydrogen) atoms. The molecule has 0 aliphatic rings. The molecule has 0 saturated heterocycles. The number of ether oxygens (including phenoxy) is 2. The maximum Gasteiger partial charge on any atom is 0.334 e. The topological polar surface area (TPSA) is 35.5 Å². The molecule has 0 fully saturated rings. The molecule has 0 aromatic rings. The Hall–Kier alpha value is -0.0900. The number of hydrogen-bond acceptors (Lipinski definition) is 3. The fourth-order valence-electron chi connectivity index (χ4n) is 0.562. The molecule has 60 valence electrons. The summed E-state index contributed by atoms with van der Waals surface area (Å²) in [5.74, 6) is -0.318. The molecule has 0 rings (SSSR count). The first kappa shape index (κ1) is 9.91. The fraction of sp³-hybridized carbons (Fsp3) is 0.833. The summed E-state index contributed by atoms with van der Waals surface area (Å²) in [7, 11) is 2.84. The normalized spacial score (nSPS) is 12.7. The molecule has 0 heterocycles. The molecule has 0 aromatic carbocycles. The van der Waals surface area contributed by atoms with E-state index in [-0.39, 0.29) is 5.97 Å². The zero-order valence-corrected chi connectivity index (χ0v) is 7.68. The Kier molecular flexibility index (Phi) is 5.63. The first-order chi connectivity index (χ1) is 4.76. The highest BCUT2D eigenvalue weighted by atomic mass is 79.9. The third-order valence-electron chi connectivity index (χ3n) is 1.12. The molecule has 4 heteroatoms. The number of alkyl halides is 1. The van der Waals surface area contributed by atoms with Gasteiger partial charge >= 0.3 is 5.97 Å². The smallest absolute Gasteiger partial charge is 0.334 e. The van der Waals surface area contributed by atoms with Crippen LogP contribution < -0.4 is 0 Å². The second-order valence-electron chi connectivity index (χ2n) is 1.73. The van der Waals surface area contributed by atoms with E-state index in [1.807, 2.05) is 0 Å². The van der Waals surface area contributed by atoms with Crippen LogP contribution in [0.2, 0.25) is 0 Å². The van der Waals surface area contributed by atoms with E-state index in [0.29, 0.717) is 6.42 Å². The van der Waals surface area contributed by atoms with Crippen molar-refractivity contribution in [1.29, 1.82) is 0 Å². The van der Waals surface area contributed by atoms with Crippen LogP contribution >= 0.6 is 15.9 Å². The van der Waals surface area contributed by atoms with Crippen molar-refractivity contribution in [3.8, 4) is 0 Å².